The highest BCUT2D eigenvalue weighted by atomic mass is 35.5. The molecular formula is C20H20ClN3O4. The average molecular weight is 402 g/mol. The van der Waals surface area contributed by atoms with Crippen molar-refractivity contribution in [2.45, 2.75) is 12.1 Å². The van der Waals surface area contributed by atoms with Gasteiger partial charge in [0.1, 0.15) is 11.8 Å². The topological polar surface area (TPSA) is 101 Å². The quantitative estimate of drug-likeness (QED) is 0.705. The maximum atomic E-state index is 12.7. The van der Waals surface area contributed by atoms with Crippen molar-refractivity contribution in [2.75, 3.05) is 20.3 Å². The summed E-state index contributed by atoms with van der Waals surface area (Å²) >= 11 is 6.17. The van der Waals surface area contributed by atoms with Gasteiger partial charge in [-0.25, -0.2) is 4.98 Å². The Morgan fingerprint density at radius 2 is 1.93 bits per heavy atom. The number of carbonyl (C=O) groups is 2. The SMILES string of the molecule is CNC(=O)c1cc(C(=O)NC2[C@H]3COC[C@@H]23)cc(C(O)c2ccccc2Cl)n1. The van der Waals surface area contributed by atoms with Crippen LogP contribution in [0.15, 0.2) is 36.4 Å². The number of aliphatic hydroxyl groups is 1. The third kappa shape index (κ3) is 3.48. The van der Waals surface area contributed by atoms with Crippen molar-refractivity contribution in [2.24, 2.45) is 11.8 Å². The van der Waals surface area contributed by atoms with Crippen molar-refractivity contribution in [3.8, 4) is 0 Å². The van der Waals surface area contributed by atoms with Gasteiger partial charge in [-0.05, 0) is 18.2 Å². The summed E-state index contributed by atoms with van der Waals surface area (Å²) in [6, 6.07) is 9.83. The van der Waals surface area contributed by atoms with Gasteiger partial charge in [0.05, 0.1) is 18.9 Å². The number of aliphatic hydroxyl groups excluding tert-OH is 1. The fourth-order valence-electron chi connectivity index (χ4n) is 3.61. The van der Waals surface area contributed by atoms with Crippen LogP contribution < -0.4 is 10.6 Å². The van der Waals surface area contributed by atoms with Crippen LogP contribution in [0.4, 0.5) is 0 Å². The monoisotopic (exact) mass is 401 g/mol. The van der Waals surface area contributed by atoms with E-state index in [0.29, 0.717) is 35.6 Å². The van der Waals surface area contributed by atoms with E-state index in [1.54, 1.807) is 24.3 Å². The fourth-order valence-corrected chi connectivity index (χ4v) is 3.85. The van der Waals surface area contributed by atoms with Crippen molar-refractivity contribution in [3.63, 3.8) is 0 Å². The minimum Gasteiger partial charge on any atom is -0.382 e. The molecule has 0 bridgehead atoms. The van der Waals surface area contributed by atoms with E-state index in [1.807, 2.05) is 0 Å². The first-order valence-electron chi connectivity index (χ1n) is 9.04. The molecule has 8 heteroatoms. The molecule has 0 spiro atoms. The van der Waals surface area contributed by atoms with Gasteiger partial charge < -0.3 is 20.5 Å². The molecule has 2 aliphatic rings. The molecule has 1 aliphatic heterocycles. The lowest BCUT2D eigenvalue weighted by Gasteiger charge is -2.15. The summed E-state index contributed by atoms with van der Waals surface area (Å²) in [6.45, 7) is 1.32. The van der Waals surface area contributed by atoms with E-state index >= 15 is 0 Å². The fraction of sp³-hybridized carbons (Fsp3) is 0.350. The Morgan fingerprint density at radius 3 is 2.61 bits per heavy atom. The lowest BCUT2D eigenvalue weighted by molar-refractivity contribution is 0.0928. The summed E-state index contributed by atoms with van der Waals surface area (Å²) < 4.78 is 5.34. The van der Waals surface area contributed by atoms with Crippen LogP contribution in [0.3, 0.4) is 0 Å². The Kier molecular flexibility index (Phi) is 5.05. The number of benzene rings is 1. The molecule has 1 aromatic heterocycles. The number of nitrogens with zero attached hydrogens (tertiary/aromatic N) is 1. The number of amides is 2. The zero-order valence-electron chi connectivity index (χ0n) is 15.2. The van der Waals surface area contributed by atoms with E-state index in [0.717, 1.165) is 0 Å². The van der Waals surface area contributed by atoms with Crippen LogP contribution in [-0.2, 0) is 4.74 Å². The molecule has 1 saturated carbocycles. The van der Waals surface area contributed by atoms with Gasteiger partial charge in [0.25, 0.3) is 11.8 Å². The Bertz CT molecular complexity index is 925. The van der Waals surface area contributed by atoms with Crippen LogP contribution in [-0.4, -0.2) is 48.2 Å². The van der Waals surface area contributed by atoms with E-state index in [1.165, 1.54) is 19.2 Å². The zero-order valence-corrected chi connectivity index (χ0v) is 15.9. The van der Waals surface area contributed by atoms with Crippen LogP contribution in [0.1, 0.15) is 38.2 Å². The summed E-state index contributed by atoms with van der Waals surface area (Å²) in [4.78, 5) is 29.1. The molecule has 4 rings (SSSR count). The number of rotatable bonds is 5. The molecule has 1 saturated heterocycles. The summed E-state index contributed by atoms with van der Waals surface area (Å²) in [6.07, 6.45) is -1.17. The van der Waals surface area contributed by atoms with Crippen LogP contribution in [0, 0.1) is 11.8 Å². The van der Waals surface area contributed by atoms with E-state index in [2.05, 4.69) is 15.6 Å². The van der Waals surface area contributed by atoms with Crippen molar-refractivity contribution < 1.29 is 19.4 Å². The molecule has 2 amide bonds. The normalized spacial score (nSPS) is 23.6. The Balaban J connectivity index is 1.64. The van der Waals surface area contributed by atoms with Gasteiger partial charge in [-0.15, -0.1) is 0 Å². The Labute approximate surface area is 167 Å². The first kappa shape index (κ1) is 18.9. The molecule has 2 heterocycles. The molecule has 0 radical (unpaired) electrons. The van der Waals surface area contributed by atoms with E-state index in [-0.39, 0.29) is 28.9 Å². The maximum Gasteiger partial charge on any atom is 0.269 e. The second kappa shape index (κ2) is 7.50. The highest BCUT2D eigenvalue weighted by molar-refractivity contribution is 6.31. The van der Waals surface area contributed by atoms with E-state index in [9.17, 15) is 14.7 Å². The van der Waals surface area contributed by atoms with E-state index < -0.39 is 12.0 Å². The number of halogens is 1. The lowest BCUT2D eigenvalue weighted by atomic mass is 10.0. The predicted octanol–water partition coefficient (Wildman–Crippen LogP) is 1.55. The molecule has 2 aromatic rings. The Hall–Kier alpha value is -2.48. The molecule has 28 heavy (non-hydrogen) atoms. The molecule has 2 fully saturated rings. The lowest BCUT2D eigenvalue weighted by Crippen LogP contribution is -2.31. The molecule has 1 aliphatic carbocycles. The maximum absolute atomic E-state index is 12.7. The van der Waals surface area contributed by atoms with Crippen LogP contribution in [0.5, 0.6) is 0 Å². The summed E-state index contributed by atoms with van der Waals surface area (Å²) in [5.41, 5.74) is 0.945. The van der Waals surface area contributed by atoms with Crippen molar-refractivity contribution in [1.82, 2.24) is 15.6 Å². The van der Waals surface area contributed by atoms with Gasteiger partial charge >= 0.3 is 0 Å². The molecular weight excluding hydrogens is 382 g/mol. The van der Waals surface area contributed by atoms with Crippen molar-refractivity contribution in [3.05, 3.63) is 63.9 Å². The smallest absolute Gasteiger partial charge is 0.269 e. The molecule has 1 aromatic carbocycles. The minimum absolute atomic E-state index is 0.0515. The standard InChI is InChI=1S/C20H20ClN3O4/c1-22-20(27)16-7-10(19(26)24-17-12-8-28-9-13(12)17)6-15(23-16)18(25)11-4-2-3-5-14(11)21/h2-7,12-13,17-18,25H,8-9H2,1H3,(H,22,27)(H,24,26)/t12-,13+,17?,18?. The summed E-state index contributed by atoms with van der Waals surface area (Å²) in [5.74, 6) is -0.0340. The number of carbonyl (C=O) groups excluding carboxylic acids is 2. The average Bonchev–Trinajstić information content (AvgIpc) is 3.13. The second-order valence-corrected chi connectivity index (χ2v) is 7.44. The van der Waals surface area contributed by atoms with Gasteiger partial charge in [0.15, 0.2) is 0 Å². The first-order valence-corrected chi connectivity index (χ1v) is 9.42. The predicted molar refractivity (Wildman–Crippen MR) is 102 cm³/mol. The van der Waals surface area contributed by atoms with Gasteiger partial charge in [0.2, 0.25) is 0 Å². The van der Waals surface area contributed by atoms with Crippen LogP contribution in [0.2, 0.25) is 5.02 Å². The van der Waals surface area contributed by atoms with Crippen molar-refractivity contribution >= 4 is 23.4 Å². The molecule has 2 unspecified atom stereocenters. The number of hydrogen-bond acceptors (Lipinski definition) is 5. The minimum atomic E-state index is -1.17. The highest BCUT2D eigenvalue weighted by Gasteiger charge is 2.54. The van der Waals surface area contributed by atoms with Crippen molar-refractivity contribution in [1.29, 1.82) is 0 Å². The van der Waals surface area contributed by atoms with Crippen LogP contribution in [0.25, 0.3) is 0 Å². The number of pyridine rings is 1. The van der Waals surface area contributed by atoms with E-state index in [4.69, 9.17) is 16.3 Å². The molecule has 146 valence electrons. The van der Waals surface area contributed by atoms with Gasteiger partial charge in [-0.1, -0.05) is 29.8 Å². The van der Waals surface area contributed by atoms with Gasteiger partial charge in [-0.3, -0.25) is 9.59 Å². The first-order chi connectivity index (χ1) is 13.5. The summed E-state index contributed by atoms with van der Waals surface area (Å²) in [5, 5.41) is 16.6. The molecule has 7 nitrogen and oxygen atoms in total. The third-order valence-electron chi connectivity index (χ3n) is 5.30. The largest absolute Gasteiger partial charge is 0.382 e. The second-order valence-electron chi connectivity index (χ2n) is 7.03. The van der Waals surface area contributed by atoms with Gasteiger partial charge in [-0.2, -0.15) is 0 Å². The molecule has 3 N–H and O–H groups in total. The molecule has 4 atom stereocenters. The number of fused-ring (bicyclic) bond motifs is 1. The summed E-state index contributed by atoms with van der Waals surface area (Å²) in [7, 11) is 1.48. The zero-order chi connectivity index (χ0) is 19.8. The third-order valence-corrected chi connectivity index (χ3v) is 5.64. The highest BCUT2D eigenvalue weighted by Crippen LogP contribution is 2.44. The number of nitrogens with one attached hydrogen (secondary N) is 2. The number of aromatic nitrogens is 1. The van der Waals surface area contributed by atoms with Gasteiger partial charge in [0, 0.05) is 41.1 Å². The number of ether oxygens (including phenoxy) is 1. The van der Waals surface area contributed by atoms with Crippen LogP contribution >= 0.6 is 11.6 Å². The Morgan fingerprint density at radius 1 is 1.21 bits per heavy atom. The number of hydrogen-bond donors (Lipinski definition) is 3.